The summed E-state index contributed by atoms with van der Waals surface area (Å²) in [6, 6.07) is 20.1. The van der Waals surface area contributed by atoms with Crippen LogP contribution in [0.4, 0.5) is 0 Å². The lowest BCUT2D eigenvalue weighted by atomic mass is 9.95. The van der Waals surface area contributed by atoms with Crippen LogP contribution >= 0.6 is 11.6 Å². The van der Waals surface area contributed by atoms with Crippen molar-refractivity contribution in [3.05, 3.63) is 82.2 Å². The number of fused-ring (bicyclic) bond motifs is 1. The van der Waals surface area contributed by atoms with Crippen LogP contribution in [0.3, 0.4) is 0 Å². The Bertz CT molecular complexity index is 1030. The fourth-order valence-electron chi connectivity index (χ4n) is 4.98. The van der Waals surface area contributed by atoms with Gasteiger partial charge >= 0.3 is 0 Å². The predicted molar refractivity (Wildman–Crippen MR) is 133 cm³/mol. The molecule has 2 aromatic rings. The van der Waals surface area contributed by atoms with Gasteiger partial charge in [-0.05, 0) is 34.8 Å². The normalized spacial score (nSPS) is 26.8. The van der Waals surface area contributed by atoms with Crippen molar-refractivity contribution < 1.29 is 13.9 Å². The highest BCUT2D eigenvalue weighted by molar-refractivity contribution is 6.99. The van der Waals surface area contributed by atoms with Crippen molar-refractivity contribution >= 4 is 30.3 Å². The van der Waals surface area contributed by atoms with Gasteiger partial charge in [0, 0.05) is 9.94 Å². The van der Waals surface area contributed by atoms with E-state index in [2.05, 4.69) is 55.1 Å². The van der Waals surface area contributed by atoms with Gasteiger partial charge in [0.1, 0.15) is 12.2 Å². The van der Waals surface area contributed by atoms with Crippen molar-refractivity contribution in [3.8, 4) is 0 Å². The molecule has 2 aliphatic rings. The lowest BCUT2D eigenvalue weighted by Crippen LogP contribution is -2.70. The molecule has 1 aliphatic carbocycles. The van der Waals surface area contributed by atoms with Crippen LogP contribution in [0.2, 0.25) is 5.04 Å². The molecule has 0 radical (unpaired) electrons. The molecule has 6 nitrogen and oxygen atoms in total. The number of rotatable bonds is 5. The van der Waals surface area contributed by atoms with Gasteiger partial charge in [0.25, 0.3) is 8.32 Å². The van der Waals surface area contributed by atoms with Crippen molar-refractivity contribution in [3.63, 3.8) is 0 Å². The van der Waals surface area contributed by atoms with E-state index in [1.54, 1.807) is 6.08 Å². The van der Waals surface area contributed by atoms with E-state index < -0.39 is 38.5 Å². The van der Waals surface area contributed by atoms with Gasteiger partial charge in [0.2, 0.25) is 0 Å². The molecule has 8 heteroatoms. The topological polar surface area (TPSA) is 76.5 Å². The smallest absolute Gasteiger partial charge is 0.261 e. The Labute approximate surface area is 201 Å². The van der Waals surface area contributed by atoms with Crippen LogP contribution in [0.15, 0.2) is 76.9 Å². The highest BCUT2D eigenvalue weighted by Gasteiger charge is 2.57. The highest BCUT2D eigenvalue weighted by Crippen LogP contribution is 2.44. The van der Waals surface area contributed by atoms with E-state index in [-0.39, 0.29) is 5.04 Å². The van der Waals surface area contributed by atoms with E-state index in [1.807, 2.05) is 50.2 Å². The number of ether oxygens (including phenoxy) is 2. The van der Waals surface area contributed by atoms with Crippen LogP contribution in [-0.2, 0) is 13.9 Å². The van der Waals surface area contributed by atoms with Gasteiger partial charge in [-0.2, -0.15) is 0 Å². The molecular formula is C25H30ClN3O3Si. The summed E-state index contributed by atoms with van der Waals surface area (Å²) in [7, 11) is -2.93. The third-order valence-electron chi connectivity index (χ3n) is 6.31. The van der Waals surface area contributed by atoms with E-state index in [4.69, 9.17) is 25.5 Å². The summed E-state index contributed by atoms with van der Waals surface area (Å²) in [5.41, 5.74) is 9.33. The fraction of sp³-hybridized carbons (Fsp3) is 0.440. The number of hydrogen-bond donors (Lipinski definition) is 0. The van der Waals surface area contributed by atoms with Crippen LogP contribution in [0, 0.1) is 0 Å². The van der Waals surface area contributed by atoms with Crippen LogP contribution in [0.1, 0.15) is 34.6 Å². The molecule has 0 unspecified atom stereocenters. The Morgan fingerprint density at radius 1 is 1.00 bits per heavy atom. The summed E-state index contributed by atoms with van der Waals surface area (Å²) in [6.07, 6.45) is 0.196. The van der Waals surface area contributed by atoms with Crippen LogP contribution in [0.5, 0.6) is 0 Å². The first-order valence-electron chi connectivity index (χ1n) is 11.1. The first-order chi connectivity index (χ1) is 15.6. The van der Waals surface area contributed by atoms with Gasteiger partial charge in [0.05, 0.1) is 12.1 Å². The van der Waals surface area contributed by atoms with Gasteiger partial charge in [0.15, 0.2) is 5.79 Å². The third-order valence-corrected chi connectivity index (χ3v) is 11.7. The van der Waals surface area contributed by atoms with Gasteiger partial charge in [-0.3, -0.25) is 0 Å². The van der Waals surface area contributed by atoms with Gasteiger partial charge in [-0.15, -0.1) is 0 Å². The zero-order valence-corrected chi connectivity index (χ0v) is 21.4. The second-order valence-electron chi connectivity index (χ2n) is 10.0. The summed E-state index contributed by atoms with van der Waals surface area (Å²) in [4.78, 5) is 3.09. The largest absolute Gasteiger partial charge is 0.401 e. The number of hydrogen-bond acceptors (Lipinski definition) is 4. The molecule has 1 heterocycles. The summed E-state index contributed by atoms with van der Waals surface area (Å²) in [5.74, 6) is -0.832. The third kappa shape index (κ3) is 4.37. The number of azide groups is 1. The Morgan fingerprint density at radius 2 is 1.55 bits per heavy atom. The van der Waals surface area contributed by atoms with Crippen LogP contribution < -0.4 is 10.4 Å². The van der Waals surface area contributed by atoms with E-state index in [1.165, 1.54) is 0 Å². The standard InChI is InChI=1S/C25H30ClN3O3Si/c1-24(2,3)33(17-12-8-6-9-13-17,18-14-10-7-11-15-18)32-22-20(28-29-27)16-19(26)21-23(22)31-25(4,5)30-21/h6-16,20-23H,1-5H3/t20-,21-,22+,23-/m1/s1. The number of benzene rings is 2. The molecule has 0 saturated carbocycles. The van der Waals surface area contributed by atoms with Crippen molar-refractivity contribution in [2.75, 3.05) is 0 Å². The molecule has 0 spiro atoms. The molecule has 1 aliphatic heterocycles. The first kappa shape index (κ1) is 24.0. The average Bonchev–Trinajstić information content (AvgIpc) is 3.10. The zero-order valence-electron chi connectivity index (χ0n) is 19.6. The fourth-order valence-corrected chi connectivity index (χ4v) is 9.98. The molecule has 174 valence electrons. The number of nitrogens with zero attached hydrogens (tertiary/aromatic N) is 3. The molecule has 4 rings (SSSR count). The monoisotopic (exact) mass is 483 g/mol. The minimum absolute atomic E-state index is 0.244. The second-order valence-corrected chi connectivity index (χ2v) is 14.7. The Morgan fingerprint density at radius 3 is 2.03 bits per heavy atom. The lowest BCUT2D eigenvalue weighted by Gasteiger charge is -2.47. The van der Waals surface area contributed by atoms with Gasteiger partial charge < -0.3 is 13.9 Å². The average molecular weight is 484 g/mol. The van der Waals surface area contributed by atoms with Gasteiger partial charge in [-0.1, -0.05) is 104 Å². The molecule has 0 bridgehead atoms. The quantitative estimate of drug-likeness (QED) is 0.251. The van der Waals surface area contributed by atoms with E-state index in [0.717, 1.165) is 10.4 Å². The Balaban J connectivity index is 1.92. The minimum atomic E-state index is -2.93. The van der Waals surface area contributed by atoms with E-state index >= 15 is 0 Å². The van der Waals surface area contributed by atoms with Crippen LogP contribution in [0.25, 0.3) is 10.4 Å². The van der Waals surface area contributed by atoms with Gasteiger partial charge in [-0.25, -0.2) is 0 Å². The molecule has 1 fully saturated rings. The maximum atomic E-state index is 9.33. The zero-order chi connectivity index (χ0) is 23.9. The molecule has 1 saturated heterocycles. The molecule has 0 N–H and O–H groups in total. The molecular weight excluding hydrogens is 454 g/mol. The maximum Gasteiger partial charge on any atom is 0.261 e. The molecule has 0 aromatic heterocycles. The molecule has 4 atom stereocenters. The summed E-state index contributed by atoms with van der Waals surface area (Å²) in [5, 5.41) is 6.57. The summed E-state index contributed by atoms with van der Waals surface area (Å²) in [6.45, 7) is 10.3. The van der Waals surface area contributed by atoms with Crippen LogP contribution in [-0.4, -0.2) is 38.5 Å². The van der Waals surface area contributed by atoms with Crippen molar-refractivity contribution in [1.29, 1.82) is 0 Å². The van der Waals surface area contributed by atoms with Crippen molar-refractivity contribution in [1.82, 2.24) is 0 Å². The highest BCUT2D eigenvalue weighted by atomic mass is 35.5. The number of halogens is 1. The van der Waals surface area contributed by atoms with Crippen molar-refractivity contribution in [2.45, 2.75) is 69.8 Å². The second kappa shape index (κ2) is 8.91. The molecule has 0 amide bonds. The first-order valence-corrected chi connectivity index (χ1v) is 13.4. The summed E-state index contributed by atoms with van der Waals surface area (Å²) >= 11 is 6.56. The lowest BCUT2D eigenvalue weighted by molar-refractivity contribution is -0.152. The Hall–Kier alpha value is -2.12. The Kier molecular flexibility index (Phi) is 6.48. The minimum Gasteiger partial charge on any atom is -0.401 e. The van der Waals surface area contributed by atoms with E-state index in [9.17, 15) is 5.53 Å². The molecule has 2 aromatic carbocycles. The van der Waals surface area contributed by atoms with E-state index in [0.29, 0.717) is 5.03 Å². The summed E-state index contributed by atoms with van der Waals surface area (Å²) < 4.78 is 19.7. The maximum absolute atomic E-state index is 9.33. The van der Waals surface area contributed by atoms with Crippen molar-refractivity contribution in [2.24, 2.45) is 5.11 Å². The SMILES string of the molecule is CC1(C)O[C@H]2[C@@H](O[Si](c3ccccc3)(c3ccccc3)C(C)(C)C)[C@H](N=[N+]=[N-])C=C(Cl)[C@H]2O1. The molecule has 33 heavy (non-hydrogen) atoms. The predicted octanol–water partition coefficient (Wildman–Crippen LogP) is 5.27.